The van der Waals surface area contributed by atoms with Crippen molar-refractivity contribution >= 4 is 434 Å². The first-order valence-corrected chi connectivity index (χ1v) is 74.3. The zero-order valence-corrected chi connectivity index (χ0v) is 113. The molecule has 4 aromatic heterocycles. The number of aliphatic imine (C=N–C) groups is 1. The van der Waals surface area contributed by atoms with Crippen LogP contribution in [0.2, 0.25) is 0 Å². The molecule has 0 saturated heterocycles. The van der Waals surface area contributed by atoms with Gasteiger partial charge < -0.3 is 47.2 Å². The molecule has 6 aromatic rings. The van der Waals surface area contributed by atoms with E-state index >= 15 is 0 Å². The van der Waals surface area contributed by atoms with Crippen LogP contribution in [-0.2, 0) is 24.0 Å². The van der Waals surface area contributed by atoms with E-state index in [-0.39, 0.29) is 139 Å². The Morgan fingerprint density at radius 1 is 0.627 bits per heavy atom. The molecule has 45 heteroatoms. The smallest absolute Gasteiger partial charge is 0.870 e. The van der Waals surface area contributed by atoms with Crippen molar-refractivity contribution in [3.05, 3.63) is 228 Å². The number of hydrogen-bond donors (Lipinski definition) is 6. The van der Waals surface area contributed by atoms with E-state index in [4.69, 9.17) is 29.4 Å². The van der Waals surface area contributed by atoms with E-state index in [1.165, 1.54) is 66.3 Å². The summed E-state index contributed by atoms with van der Waals surface area (Å²) in [6, 6.07) is 17.7. The first-order chi connectivity index (χ1) is 58.1. The van der Waals surface area contributed by atoms with Crippen LogP contribution in [0.15, 0.2) is 156 Å². The summed E-state index contributed by atoms with van der Waals surface area (Å²) in [6.45, 7) is 45.5. The second-order valence-corrected chi connectivity index (χ2v) is 84.3. The van der Waals surface area contributed by atoms with E-state index in [0.29, 0.717) is 41.1 Å². The average molecular weight is 3400 g/mol. The molecule has 0 aliphatic heterocycles. The number of anilines is 1. The Morgan fingerprint density at radius 2 is 0.985 bits per heavy atom. The quantitative estimate of drug-likeness (QED) is 0.00640. The number of rotatable bonds is 15. The number of aryl methyl sites for hydroxylation is 3. The van der Waals surface area contributed by atoms with Crippen molar-refractivity contribution in [1.82, 2.24) is 40.9 Å². The summed E-state index contributed by atoms with van der Waals surface area (Å²) in [4.78, 5) is 82.9. The fraction of sp³-hybridized carbons (Fsp3) is 0.393. The van der Waals surface area contributed by atoms with Crippen LogP contribution in [-0.4, -0.2) is 98.6 Å². The number of nitrogens with one attached hydrogen (secondary N) is 3. The first-order valence-electron chi connectivity index (χ1n) is 35.6. The van der Waals surface area contributed by atoms with Crippen molar-refractivity contribution in [3.8, 4) is 0 Å². The average Bonchev–Trinajstić information content (AvgIpc) is 1.74. The van der Waals surface area contributed by atoms with Crippen molar-refractivity contribution in [2.24, 2.45) is 16.5 Å². The number of aromatic nitrogens is 4. The minimum atomic E-state index is -0.347. The van der Waals surface area contributed by atoms with Gasteiger partial charge in [0, 0.05) is 99.2 Å². The van der Waals surface area contributed by atoms with Crippen LogP contribution < -0.4 is 72.6 Å². The van der Waals surface area contributed by atoms with E-state index in [9.17, 15) is 24.0 Å². The summed E-state index contributed by atoms with van der Waals surface area (Å²) >= 11 is 66.8. The van der Waals surface area contributed by atoms with Gasteiger partial charge >= 0.3 is 144 Å². The molecule has 3 amide bonds. The number of thiazole rings is 4. The zero-order chi connectivity index (χ0) is 98.3. The first kappa shape index (κ1) is 182. The second-order valence-electron chi connectivity index (χ2n) is 22.0. The molecular weight excluding hydrogens is 3260 g/mol. The van der Waals surface area contributed by atoms with Crippen molar-refractivity contribution in [2.45, 2.75) is 221 Å². The summed E-state index contributed by atoms with van der Waals surface area (Å²) in [6.07, 6.45) is 22.4. The van der Waals surface area contributed by atoms with Crippen LogP contribution in [0.5, 0.6) is 0 Å². The number of ketones is 2. The monoisotopic (exact) mass is 3390 g/mol. The molecule has 0 bridgehead atoms. The minimum absolute atomic E-state index is 0. The number of carbonyl (C=O) groups excluding carboxylic acids is 5. The predicted molar refractivity (Wildman–Crippen MR) is 693 cm³/mol. The number of nitrogens with two attached hydrogens (primary N) is 3. The molecule has 134 heavy (non-hydrogen) atoms. The van der Waals surface area contributed by atoms with Crippen molar-refractivity contribution in [2.75, 3.05) is 25.2 Å². The Kier molecular flexibility index (Phi) is 166. The third-order valence-corrected chi connectivity index (χ3v) is 22.9. The van der Waals surface area contributed by atoms with Gasteiger partial charge in [0.15, 0.2) is 31.2 Å². The molecular formula is C89H142Br10I6N12NaO7S7V2-2. The van der Waals surface area contributed by atoms with Crippen LogP contribution in [0, 0.1) is 34.6 Å². The SMILES string of the molecule is BrBr.C.C.C.C.C.C.C.C.C/C=C(/Br)c1sc(C(=O)CBr)nc1C.C/C=C(/Br)c1sc(C(C)=O)nc1C.C/C=C(/Br)c1scnc1C.C/C=C(N)\C=C(/C)Br.C/C=C(\C=C(/C)Br)NC(=S)NC(=O)c1ccccc1.C/C=C(\C=C(/C)Br)NC(N)=S.C/C=c1/nc(N)s/c1=C(/C)Br.CCC(C)I.CON(C)C(C)=O.O=C(N=C=S)c1ccccc1.[CH2-]CC.[CH2-]CC.[I][V]([I])[I].[I][V][I].[Na+].[OH-]. The van der Waals surface area contributed by atoms with Gasteiger partial charge in [-0.3, -0.25) is 34.1 Å². The molecule has 1 atom stereocenters. The number of alkyl halides is 2. The number of Topliss-reactive ketones (excluding diaryl/α,β-unsaturated/α-hetero) is 2. The number of nitrogens with zero attached hydrogens (tertiary/aromatic N) is 6. The maximum absolute atomic E-state index is 11.9. The van der Waals surface area contributed by atoms with Crippen molar-refractivity contribution in [1.29, 1.82) is 0 Å². The Labute approximate surface area is 1030 Å². The number of nitrogen functional groups attached to an aromatic ring is 1. The standard InChI is InChI=1S/C14H15BrN2OS.C9H9Br2NOS.C9H10BrNOS.C8H5NOS.C7H9BrN2S.C7H11BrN2S.C7H8BrNS.C6H10BrN.C4H9I.C4H9NO2.2C3H7.8CH4.Br2.5HI.Na.H2O.2V/c1-3-12(9-10(2)15)16-14(19)17-13(18)11-7-5-4-6-8-11;1-3-6(11)8-5(2)12-9(14-8)7(13)4-10;1-4-7(10)8-5(2)11-9(13-8)6(3)12;10-8(9-6-11)7-4-2-1-3-5-7;1-3-5-6(4(2)8)11-7(9)10-5;1-3-6(4-5(2)8)10-7(9)11;1-3-6(8)7-5(2)9-4-10-7;1-3-6(8)4-5(2)7;1-3-4(2)5;1-4(6)5(2)7-3;2*1-3-2;;;;;;;;;1-2;;;;;;;;;/h3-9H,1-2H3,(H2,16,17,18,19);3H,4H2,1-2H3;4H,1-3H3;1-5H;3H,1-2H3,(H2,9,10);3-4H,1-2H3,(H3,9,10,11);3-4H,1-2H3;3-4H,8H2,1-2H3;4H,3H2,1-2H3;1-3H3;2*1,3H2,2H3;8*1H4;;5*1H;;1H2;;/q;;;;;;;;;;2*-1;;;;;;;;;;;;;;;+1;;+2;+3/p-6/b10-9+,12-3+;6-3+;7-4+;;5-3+,6-4-;5-4+,6-3+;6-3+;5-4+,6-3+;;;;;;;;;;;;;;;;;;;;;;. The number of hydrogen-bond acceptors (Lipinski definition) is 20. The summed E-state index contributed by atoms with van der Waals surface area (Å²) in [5.74, 6) is -0.618. The van der Waals surface area contributed by atoms with Gasteiger partial charge in [-0.15, -0.1) is 34.0 Å². The van der Waals surface area contributed by atoms with Gasteiger partial charge in [-0.2, -0.15) is 17.8 Å². The predicted octanol–water partition coefficient (Wildman–Crippen LogP) is 33.8. The molecule has 10 N–H and O–H groups in total. The number of allylic oxidation sites excluding steroid dienone is 12. The fourth-order valence-corrected chi connectivity index (χ4v) is 13.4. The molecule has 0 aliphatic rings. The summed E-state index contributed by atoms with van der Waals surface area (Å²) in [5, 5.41) is 15.2. The largest absolute Gasteiger partial charge is 1.00 e. The van der Waals surface area contributed by atoms with Gasteiger partial charge in [0.1, 0.15) is 0 Å². The molecule has 4 heterocycles. The topological polar surface area (TPSA) is 306 Å². The number of benzene rings is 2. The number of halogens is 16. The van der Waals surface area contributed by atoms with Gasteiger partial charge in [0.2, 0.25) is 11.7 Å². The van der Waals surface area contributed by atoms with E-state index in [2.05, 4.69) is 376 Å². The van der Waals surface area contributed by atoms with E-state index in [1.807, 2.05) is 194 Å². The van der Waals surface area contributed by atoms with E-state index in [0.717, 1.165) is 107 Å². The molecule has 0 radical (unpaired) electrons. The van der Waals surface area contributed by atoms with Gasteiger partial charge in [0.25, 0.3) is 11.8 Å². The zero-order valence-electron chi connectivity index (χ0n) is 74.1. The molecule has 6 rings (SSSR count). The molecule has 2 aromatic carbocycles. The van der Waals surface area contributed by atoms with Crippen LogP contribution in [0.1, 0.15) is 268 Å². The van der Waals surface area contributed by atoms with Crippen LogP contribution in [0.4, 0.5) is 5.13 Å². The molecule has 19 nitrogen and oxygen atoms in total. The third-order valence-electron chi connectivity index (χ3n) is 11.9. The van der Waals surface area contributed by atoms with Gasteiger partial charge in [-0.25, -0.2) is 25.0 Å². The summed E-state index contributed by atoms with van der Waals surface area (Å²) in [5.41, 5.74) is 24.6. The Hall–Kier alpha value is 2.56. The van der Waals surface area contributed by atoms with Crippen molar-refractivity contribution < 1.29 is 78.2 Å². The number of hydroxylamine groups is 2. The fourth-order valence-electron chi connectivity index (χ4n) is 6.29. The number of amides is 3. The minimum Gasteiger partial charge on any atom is -0.870 e. The van der Waals surface area contributed by atoms with Gasteiger partial charge in [-0.05, 0) is 244 Å². The van der Waals surface area contributed by atoms with E-state index < -0.39 is 0 Å². The summed E-state index contributed by atoms with van der Waals surface area (Å²) in [7, 11) is 3.63. The third kappa shape index (κ3) is 110. The normalized spacial score (nSPS) is 10.5. The Morgan fingerprint density at radius 3 is 1.24 bits per heavy atom. The summed E-state index contributed by atoms with van der Waals surface area (Å²) < 4.78 is 9.20. The maximum atomic E-state index is 11.9. The van der Waals surface area contributed by atoms with Crippen LogP contribution >= 0.6 is 360 Å². The second kappa shape index (κ2) is 122. The maximum Gasteiger partial charge on any atom is 1.00 e. The molecule has 1 unspecified atom stereocenters. The van der Waals surface area contributed by atoms with Gasteiger partial charge in [0.05, 0.1) is 64.7 Å². The number of carbonyl (C=O) groups is 5. The van der Waals surface area contributed by atoms with Crippen LogP contribution in [0.3, 0.4) is 0 Å². The molecule has 0 spiro atoms. The Balaban J connectivity index is -0.0000000636. The molecule has 767 valence electrons. The molecule has 0 aliphatic carbocycles. The number of isothiocyanates is 1. The van der Waals surface area contributed by atoms with E-state index in [1.54, 1.807) is 66.9 Å². The Bertz CT molecular complexity index is 4490. The van der Waals surface area contributed by atoms with Crippen LogP contribution in [0.25, 0.3) is 24.0 Å². The molecule has 0 fully saturated rings. The number of thiocarbonyl (C=S) groups is 3. The van der Waals surface area contributed by atoms with Gasteiger partial charge in [-0.1, -0.05) is 280 Å². The molecule has 0 saturated carbocycles. The van der Waals surface area contributed by atoms with Crippen molar-refractivity contribution in [3.63, 3.8) is 0 Å².